The van der Waals surface area contributed by atoms with E-state index in [4.69, 9.17) is 9.66 Å². The second-order valence-corrected chi connectivity index (χ2v) is 17.6. The summed E-state index contributed by atoms with van der Waals surface area (Å²) in [6.07, 6.45) is 45.4. The zero-order valence-corrected chi connectivity index (χ0v) is 33.1. The van der Waals surface area contributed by atoms with Gasteiger partial charge in [0.1, 0.15) is 0 Å². The molecule has 0 amide bonds. The maximum absolute atomic E-state index is 5.06. The van der Waals surface area contributed by atoms with Crippen LogP contribution >= 0.6 is 0 Å². The number of amidine groups is 1. The van der Waals surface area contributed by atoms with E-state index in [1.807, 2.05) is 0 Å². The Labute approximate surface area is 332 Å². The molecule has 4 heteroatoms. The SMILES string of the molecule is CC1CC(C2=CN(C)C3C=CC=CC3=N2)=CC=C1C=CC1(C)C=CC2=C(C1)C1(CCCC1)c1cc(C=Cc3ccc(C4=[N+]=C5C=CC=CC5(C)N4)cc3)ccc12. The van der Waals surface area contributed by atoms with Gasteiger partial charge < -0.3 is 4.90 Å². The summed E-state index contributed by atoms with van der Waals surface area (Å²) >= 11 is 0. The van der Waals surface area contributed by atoms with Gasteiger partial charge in [-0.25, -0.2) is 15.0 Å². The number of hydrogen-bond donors (Lipinski definition) is 1. The fraction of sp³-hybridized carbons (Fsp3) is 0.288. The predicted molar refractivity (Wildman–Crippen MR) is 236 cm³/mol. The van der Waals surface area contributed by atoms with Crippen molar-refractivity contribution in [3.05, 3.63) is 184 Å². The van der Waals surface area contributed by atoms with Crippen molar-refractivity contribution < 1.29 is 0 Å². The van der Waals surface area contributed by atoms with Crippen LogP contribution in [0.25, 0.3) is 17.7 Å². The Morgan fingerprint density at radius 2 is 1.68 bits per heavy atom. The maximum atomic E-state index is 5.06. The highest BCUT2D eigenvalue weighted by atomic mass is 15.1. The minimum atomic E-state index is -0.225. The molecule has 1 spiro atoms. The predicted octanol–water partition coefficient (Wildman–Crippen LogP) is 10.3. The van der Waals surface area contributed by atoms with Crippen molar-refractivity contribution in [3.8, 4) is 0 Å². The van der Waals surface area contributed by atoms with Gasteiger partial charge in [-0.1, -0.05) is 142 Å². The molecule has 2 aromatic carbocycles. The molecule has 1 fully saturated rings. The molecule has 10 rings (SSSR count). The highest BCUT2D eigenvalue weighted by Gasteiger charge is 2.48. The van der Waals surface area contributed by atoms with Crippen molar-refractivity contribution in [2.75, 3.05) is 7.05 Å². The van der Waals surface area contributed by atoms with E-state index < -0.39 is 0 Å². The number of nitrogens with one attached hydrogen (secondary N) is 1. The number of fused-ring (bicyclic) bond motifs is 6. The number of hydrogen-bond acceptors (Lipinski definition) is 3. The average Bonchev–Trinajstić information content (AvgIpc) is 3.92. The fourth-order valence-corrected chi connectivity index (χ4v) is 10.2. The van der Waals surface area contributed by atoms with E-state index in [2.05, 4.69) is 184 Å². The monoisotopic (exact) mass is 731 g/mol. The molecule has 1 saturated carbocycles. The van der Waals surface area contributed by atoms with Gasteiger partial charge in [-0.05, 0) is 102 Å². The number of likely N-dealkylation sites (N-methyl/N-ethyl adjacent to an activating group) is 1. The first-order valence-electron chi connectivity index (χ1n) is 20.6. The average molecular weight is 732 g/mol. The van der Waals surface area contributed by atoms with Crippen molar-refractivity contribution in [1.82, 2.24) is 14.9 Å². The molecule has 0 aromatic heterocycles. The molecule has 0 saturated heterocycles. The molecular formula is C52H51N4+. The highest BCUT2D eigenvalue weighted by Crippen LogP contribution is 2.60. The first-order valence-corrected chi connectivity index (χ1v) is 20.6. The molecular weight excluding hydrogens is 681 g/mol. The molecule has 0 radical (unpaired) electrons. The molecule has 4 unspecified atom stereocenters. The standard InChI is InChI=1S/C52H50N4/c1-35-31-40(46-34-56(4)47-12-6-5-11-45(47)53-46)22-21-38(35)24-29-50(2)30-25-42-41-23-18-37(32-43(41)52(44(42)33-50)27-9-10-28-52)15-14-36-16-19-39(20-17-36)49-54-48-13-7-8-26-51(48,3)55-49/h5-8,11-26,29-30,32,34-35,47H,9-10,27-28,31,33H2,1-4H3/p+1. The lowest BCUT2D eigenvalue weighted by atomic mass is 9.68. The lowest BCUT2D eigenvalue weighted by Crippen LogP contribution is -2.46. The zero-order chi connectivity index (χ0) is 38.1. The molecule has 278 valence electrons. The summed E-state index contributed by atoms with van der Waals surface area (Å²) in [6.45, 7) is 6.97. The Kier molecular flexibility index (Phi) is 8.20. The summed E-state index contributed by atoms with van der Waals surface area (Å²) < 4.78 is 4.89. The van der Waals surface area contributed by atoms with Crippen LogP contribution in [-0.2, 0) is 5.41 Å². The van der Waals surface area contributed by atoms with Crippen molar-refractivity contribution in [3.63, 3.8) is 0 Å². The summed E-state index contributed by atoms with van der Waals surface area (Å²) in [5.74, 6) is 1.37. The third-order valence-electron chi connectivity index (χ3n) is 13.5. The van der Waals surface area contributed by atoms with Crippen LogP contribution < -0.4 is 9.98 Å². The van der Waals surface area contributed by atoms with Crippen molar-refractivity contribution in [2.45, 2.75) is 76.3 Å². The smallest absolute Gasteiger partial charge is 0.367 e. The molecule has 56 heavy (non-hydrogen) atoms. The minimum Gasteiger partial charge on any atom is -0.367 e. The number of benzene rings is 2. The third-order valence-corrected chi connectivity index (χ3v) is 13.5. The van der Waals surface area contributed by atoms with Gasteiger partial charge in [-0.2, -0.15) is 0 Å². The van der Waals surface area contributed by atoms with E-state index in [1.165, 1.54) is 59.1 Å². The van der Waals surface area contributed by atoms with E-state index in [9.17, 15) is 0 Å². The fourth-order valence-electron chi connectivity index (χ4n) is 10.2. The molecule has 4 atom stereocenters. The van der Waals surface area contributed by atoms with Crippen LogP contribution in [0, 0.1) is 11.3 Å². The second kappa shape index (κ2) is 13.2. The molecule has 4 nitrogen and oxygen atoms in total. The Balaban J connectivity index is 0.855. The number of allylic oxidation sites excluding steroid dienone is 14. The van der Waals surface area contributed by atoms with Crippen LogP contribution in [0.3, 0.4) is 0 Å². The van der Waals surface area contributed by atoms with Crippen LogP contribution in [0.4, 0.5) is 0 Å². The molecule has 0 bridgehead atoms. The van der Waals surface area contributed by atoms with Crippen LogP contribution in [0.15, 0.2) is 161 Å². The Morgan fingerprint density at radius 1 is 0.875 bits per heavy atom. The minimum absolute atomic E-state index is 0.0201. The van der Waals surface area contributed by atoms with Crippen LogP contribution in [0.2, 0.25) is 0 Å². The largest absolute Gasteiger partial charge is 0.376 e. The highest BCUT2D eigenvalue weighted by molar-refractivity contribution is 6.16. The van der Waals surface area contributed by atoms with Crippen molar-refractivity contribution in [2.24, 2.45) is 16.3 Å². The lowest BCUT2D eigenvalue weighted by molar-refractivity contribution is 0.444. The second-order valence-electron chi connectivity index (χ2n) is 17.6. The number of nitrogens with zero attached hydrogens (tertiary/aromatic N) is 3. The third kappa shape index (κ3) is 5.90. The normalized spacial score (nSPS) is 29.2. The van der Waals surface area contributed by atoms with E-state index in [0.717, 1.165) is 41.4 Å². The van der Waals surface area contributed by atoms with Crippen molar-refractivity contribution >= 4 is 35.0 Å². The van der Waals surface area contributed by atoms with Gasteiger partial charge in [0.25, 0.3) is 5.71 Å². The van der Waals surface area contributed by atoms with Gasteiger partial charge >= 0.3 is 5.84 Å². The Hall–Kier alpha value is -5.70. The first kappa shape index (κ1) is 34.8. The van der Waals surface area contributed by atoms with Gasteiger partial charge in [0, 0.05) is 30.2 Å². The van der Waals surface area contributed by atoms with E-state index >= 15 is 0 Å². The Bertz CT molecular complexity index is 2480. The van der Waals surface area contributed by atoms with Gasteiger partial charge in [-0.3, -0.25) is 0 Å². The summed E-state index contributed by atoms with van der Waals surface area (Å²) in [5.41, 5.74) is 15.6. The van der Waals surface area contributed by atoms with Gasteiger partial charge in [0.2, 0.25) is 0 Å². The Morgan fingerprint density at radius 3 is 2.50 bits per heavy atom. The van der Waals surface area contributed by atoms with Crippen LogP contribution in [-0.4, -0.2) is 40.8 Å². The molecule has 6 aliphatic carbocycles. The van der Waals surface area contributed by atoms with Crippen LogP contribution in [0.5, 0.6) is 0 Å². The molecule has 8 aliphatic rings. The quantitative estimate of drug-likeness (QED) is 0.237. The van der Waals surface area contributed by atoms with E-state index in [1.54, 1.807) is 11.1 Å². The number of rotatable bonds is 6. The molecule has 2 aliphatic heterocycles. The maximum Gasteiger partial charge on any atom is 0.376 e. The van der Waals surface area contributed by atoms with Crippen molar-refractivity contribution in [1.29, 1.82) is 0 Å². The first-order chi connectivity index (χ1) is 27.2. The molecule has 1 N–H and O–H groups in total. The van der Waals surface area contributed by atoms with Gasteiger partial charge in [0.05, 0.1) is 23.0 Å². The van der Waals surface area contributed by atoms with E-state index in [-0.39, 0.29) is 22.4 Å². The summed E-state index contributed by atoms with van der Waals surface area (Å²) in [7, 11) is 2.15. The molecule has 2 heterocycles. The van der Waals surface area contributed by atoms with E-state index in [0.29, 0.717) is 5.92 Å². The molecule has 2 aromatic rings. The zero-order valence-electron chi connectivity index (χ0n) is 33.1. The topological polar surface area (TPSA) is 41.7 Å². The summed E-state index contributed by atoms with van der Waals surface area (Å²) in [5, 5.41) is 3.61. The summed E-state index contributed by atoms with van der Waals surface area (Å²) in [4.78, 5) is 7.34. The summed E-state index contributed by atoms with van der Waals surface area (Å²) in [6, 6.07) is 16.2. The van der Waals surface area contributed by atoms with Gasteiger partial charge in [0.15, 0.2) is 5.54 Å². The van der Waals surface area contributed by atoms with Crippen LogP contribution in [0.1, 0.15) is 87.1 Å². The van der Waals surface area contributed by atoms with Gasteiger partial charge in [-0.15, -0.1) is 0 Å². The number of aliphatic imine (C=N–C) groups is 1. The lowest BCUT2D eigenvalue weighted by Gasteiger charge is -2.36.